The number of fused-ring (bicyclic) bond motifs is 1. The molecule has 27 heavy (non-hydrogen) atoms. The van der Waals surface area contributed by atoms with Crippen molar-refractivity contribution in [2.24, 2.45) is 0 Å². The molecular formula is C20H12ClNO4S. The molecule has 0 saturated carbocycles. The summed E-state index contributed by atoms with van der Waals surface area (Å²) in [6, 6.07) is 17.9. The molecular weight excluding hydrogens is 386 g/mol. The van der Waals surface area contributed by atoms with E-state index in [2.05, 4.69) is 4.98 Å². The highest BCUT2D eigenvalue weighted by atomic mass is 35.5. The Morgan fingerprint density at radius 1 is 1.04 bits per heavy atom. The molecule has 0 aliphatic rings. The summed E-state index contributed by atoms with van der Waals surface area (Å²) >= 11 is 6.82. The minimum absolute atomic E-state index is 0.0403. The number of carboxylic acid groups (broad SMARTS) is 1. The highest BCUT2D eigenvalue weighted by Gasteiger charge is 2.16. The highest BCUT2D eigenvalue weighted by Crippen LogP contribution is 2.32. The molecule has 4 aromatic rings. The topological polar surface area (TPSA) is 76.5 Å². The van der Waals surface area contributed by atoms with Crippen LogP contribution in [0.25, 0.3) is 28.5 Å². The highest BCUT2D eigenvalue weighted by molar-refractivity contribution is 8.03. The van der Waals surface area contributed by atoms with Crippen LogP contribution in [0.1, 0.15) is 5.76 Å². The second-order valence-electron chi connectivity index (χ2n) is 5.57. The van der Waals surface area contributed by atoms with E-state index >= 15 is 0 Å². The van der Waals surface area contributed by atoms with Crippen molar-refractivity contribution in [1.29, 1.82) is 0 Å². The van der Waals surface area contributed by atoms with Crippen molar-refractivity contribution in [1.82, 2.24) is 4.98 Å². The monoisotopic (exact) mass is 397 g/mol. The van der Waals surface area contributed by atoms with Crippen LogP contribution in [0.4, 0.5) is 0 Å². The number of hydrogen-bond acceptors (Lipinski definition) is 5. The van der Waals surface area contributed by atoms with E-state index in [9.17, 15) is 9.90 Å². The molecule has 0 bridgehead atoms. The van der Waals surface area contributed by atoms with E-state index in [1.54, 1.807) is 36.4 Å². The van der Waals surface area contributed by atoms with Crippen molar-refractivity contribution in [3.63, 3.8) is 0 Å². The van der Waals surface area contributed by atoms with Crippen molar-refractivity contribution in [2.45, 2.75) is 5.22 Å². The summed E-state index contributed by atoms with van der Waals surface area (Å²) in [6.45, 7) is 0. The maximum absolute atomic E-state index is 11.6. The quantitative estimate of drug-likeness (QED) is 0.331. The summed E-state index contributed by atoms with van der Waals surface area (Å²) < 4.78 is 11.3. The first-order valence-electron chi connectivity index (χ1n) is 7.93. The number of furan rings is 1. The summed E-state index contributed by atoms with van der Waals surface area (Å²) in [6.07, 6.45) is 1.45. The number of carboxylic acids is 1. The normalized spacial score (nSPS) is 11.8. The molecule has 4 rings (SSSR count). The van der Waals surface area contributed by atoms with Gasteiger partial charge in [0.25, 0.3) is 5.22 Å². The lowest BCUT2D eigenvalue weighted by Crippen LogP contribution is -1.96. The molecule has 2 heterocycles. The first-order chi connectivity index (χ1) is 13.1. The molecule has 2 aromatic heterocycles. The fourth-order valence-corrected chi connectivity index (χ4v) is 3.30. The predicted molar refractivity (Wildman–Crippen MR) is 105 cm³/mol. The molecule has 0 amide bonds. The Kier molecular flexibility index (Phi) is 4.75. The van der Waals surface area contributed by atoms with Gasteiger partial charge in [-0.25, -0.2) is 9.78 Å². The lowest BCUT2D eigenvalue weighted by Gasteiger charge is -1.98. The number of para-hydroxylation sites is 2. The third-order valence-corrected chi connectivity index (χ3v) is 4.82. The number of oxazole rings is 1. The molecule has 0 spiro atoms. The molecule has 0 aliphatic carbocycles. The van der Waals surface area contributed by atoms with Crippen LogP contribution in [-0.4, -0.2) is 16.1 Å². The Labute approximate surface area is 163 Å². The van der Waals surface area contributed by atoms with Crippen LogP contribution in [0, 0.1) is 0 Å². The van der Waals surface area contributed by atoms with E-state index < -0.39 is 5.97 Å². The van der Waals surface area contributed by atoms with Crippen molar-refractivity contribution in [3.05, 3.63) is 76.4 Å². The van der Waals surface area contributed by atoms with Gasteiger partial charge in [0.15, 0.2) is 5.58 Å². The second kappa shape index (κ2) is 7.34. The van der Waals surface area contributed by atoms with Crippen molar-refractivity contribution in [2.75, 3.05) is 0 Å². The number of thioether (sulfide) groups is 1. The van der Waals surface area contributed by atoms with Gasteiger partial charge in [-0.15, -0.1) is 0 Å². The van der Waals surface area contributed by atoms with Gasteiger partial charge in [0.2, 0.25) is 0 Å². The fraction of sp³-hybridized carbons (Fsp3) is 0. The maximum Gasteiger partial charge on any atom is 0.342 e. The third kappa shape index (κ3) is 3.92. The van der Waals surface area contributed by atoms with Gasteiger partial charge in [-0.3, -0.25) is 0 Å². The number of nitrogens with zero attached hydrogens (tertiary/aromatic N) is 1. The van der Waals surface area contributed by atoms with Gasteiger partial charge in [-0.2, -0.15) is 0 Å². The standard InChI is InChI=1S/C20H12ClNO4S/c21-13-7-5-12(6-8-13)16-10-9-14(25-16)11-18(19(23)24)27-20-22-15-3-1-2-4-17(15)26-20/h1-11H,(H,23,24)/b18-11-. The molecule has 134 valence electrons. The van der Waals surface area contributed by atoms with E-state index in [-0.39, 0.29) is 10.1 Å². The van der Waals surface area contributed by atoms with Crippen LogP contribution >= 0.6 is 23.4 Å². The van der Waals surface area contributed by atoms with Crippen LogP contribution in [0.15, 0.2) is 79.6 Å². The van der Waals surface area contributed by atoms with E-state index in [0.29, 0.717) is 27.6 Å². The average Bonchev–Trinajstić information content (AvgIpc) is 3.28. The fourth-order valence-electron chi connectivity index (χ4n) is 2.45. The smallest absolute Gasteiger partial charge is 0.342 e. The Balaban J connectivity index is 1.61. The van der Waals surface area contributed by atoms with Gasteiger partial charge in [0.05, 0.1) is 0 Å². The molecule has 0 unspecified atom stereocenters. The maximum atomic E-state index is 11.6. The number of halogens is 1. The Hall–Kier alpha value is -2.96. The predicted octanol–water partition coefficient (Wildman–Crippen LogP) is 5.96. The largest absolute Gasteiger partial charge is 0.477 e. The van der Waals surface area contributed by atoms with Crippen LogP contribution in [0.2, 0.25) is 5.02 Å². The lowest BCUT2D eigenvalue weighted by molar-refractivity contribution is -0.131. The lowest BCUT2D eigenvalue weighted by atomic mass is 10.2. The zero-order valence-electron chi connectivity index (χ0n) is 13.8. The van der Waals surface area contributed by atoms with Crippen LogP contribution < -0.4 is 0 Å². The number of aliphatic carboxylic acids is 1. The van der Waals surface area contributed by atoms with Gasteiger partial charge in [0.1, 0.15) is 21.9 Å². The number of benzene rings is 2. The Morgan fingerprint density at radius 3 is 2.56 bits per heavy atom. The number of rotatable bonds is 5. The molecule has 1 N–H and O–H groups in total. The summed E-state index contributed by atoms with van der Waals surface area (Å²) in [7, 11) is 0. The minimum atomic E-state index is -1.09. The first kappa shape index (κ1) is 17.5. The van der Waals surface area contributed by atoms with E-state index in [1.807, 2.05) is 24.3 Å². The van der Waals surface area contributed by atoms with Crippen molar-refractivity contribution < 1.29 is 18.7 Å². The van der Waals surface area contributed by atoms with Crippen LogP contribution in [0.3, 0.4) is 0 Å². The zero-order chi connectivity index (χ0) is 18.8. The Bertz CT molecular complexity index is 1110. The summed E-state index contributed by atoms with van der Waals surface area (Å²) in [5, 5.41) is 10.4. The van der Waals surface area contributed by atoms with Crippen molar-refractivity contribution >= 4 is 46.5 Å². The second-order valence-corrected chi connectivity index (χ2v) is 7.00. The van der Waals surface area contributed by atoms with Gasteiger partial charge >= 0.3 is 5.97 Å². The molecule has 0 fully saturated rings. The van der Waals surface area contributed by atoms with E-state index in [4.69, 9.17) is 20.4 Å². The molecule has 7 heteroatoms. The SMILES string of the molecule is O=C(O)/C(=C/c1ccc(-c2ccc(Cl)cc2)o1)Sc1nc2ccccc2o1. The van der Waals surface area contributed by atoms with Crippen molar-refractivity contribution in [3.8, 4) is 11.3 Å². The average molecular weight is 398 g/mol. The number of carbonyl (C=O) groups is 1. The summed E-state index contributed by atoms with van der Waals surface area (Å²) in [4.78, 5) is 15.9. The summed E-state index contributed by atoms with van der Waals surface area (Å²) in [5.41, 5.74) is 2.13. The van der Waals surface area contributed by atoms with Gasteiger partial charge < -0.3 is 13.9 Å². The first-order valence-corrected chi connectivity index (χ1v) is 9.12. The minimum Gasteiger partial charge on any atom is -0.477 e. The number of aromatic nitrogens is 1. The molecule has 0 aliphatic heterocycles. The Morgan fingerprint density at radius 2 is 1.81 bits per heavy atom. The van der Waals surface area contributed by atoms with Crippen LogP contribution in [-0.2, 0) is 4.79 Å². The van der Waals surface area contributed by atoms with E-state index in [0.717, 1.165) is 17.3 Å². The van der Waals surface area contributed by atoms with Gasteiger partial charge in [0, 0.05) is 16.7 Å². The summed E-state index contributed by atoms with van der Waals surface area (Å²) in [5.74, 6) is -0.0535. The zero-order valence-corrected chi connectivity index (χ0v) is 15.3. The molecule has 2 aromatic carbocycles. The van der Waals surface area contributed by atoms with Crippen LogP contribution in [0.5, 0.6) is 0 Å². The molecule has 0 saturated heterocycles. The molecule has 0 atom stereocenters. The molecule has 0 radical (unpaired) electrons. The van der Waals surface area contributed by atoms with E-state index in [1.165, 1.54) is 6.08 Å². The van der Waals surface area contributed by atoms with Gasteiger partial charge in [-0.1, -0.05) is 23.7 Å². The third-order valence-electron chi connectivity index (χ3n) is 3.71. The van der Waals surface area contributed by atoms with Gasteiger partial charge in [-0.05, 0) is 60.3 Å². The molecule has 5 nitrogen and oxygen atoms in total. The number of hydrogen-bond donors (Lipinski definition) is 1.